The van der Waals surface area contributed by atoms with Crippen molar-refractivity contribution >= 4 is 0 Å². The molecule has 0 aliphatic heterocycles. The van der Waals surface area contributed by atoms with E-state index >= 15 is 0 Å². The molecule has 1 fully saturated rings. The van der Waals surface area contributed by atoms with Crippen LogP contribution in [0.2, 0.25) is 0 Å². The highest BCUT2D eigenvalue weighted by molar-refractivity contribution is 4.90. The number of hydrogen-bond acceptors (Lipinski definition) is 2. The molecule has 108 valence electrons. The number of rotatable bonds is 3. The first-order chi connectivity index (χ1) is 8.14. The summed E-state index contributed by atoms with van der Waals surface area (Å²) >= 11 is 0. The molecule has 0 spiro atoms. The predicted octanol–water partition coefficient (Wildman–Crippen LogP) is 3.54. The second-order valence-electron chi connectivity index (χ2n) is 7.66. The molecule has 1 rings (SSSR count). The Morgan fingerprint density at radius 2 is 1.67 bits per heavy atom. The Hall–Kier alpha value is -0.0800. The van der Waals surface area contributed by atoms with Gasteiger partial charge in [-0.1, -0.05) is 34.6 Å². The van der Waals surface area contributed by atoms with E-state index in [0.29, 0.717) is 12.1 Å². The van der Waals surface area contributed by atoms with E-state index in [0.717, 1.165) is 24.7 Å². The summed E-state index contributed by atoms with van der Waals surface area (Å²) < 4.78 is 0. The lowest BCUT2D eigenvalue weighted by Crippen LogP contribution is -2.52. The van der Waals surface area contributed by atoms with Crippen LogP contribution < -0.4 is 0 Å². The van der Waals surface area contributed by atoms with Crippen molar-refractivity contribution in [3.8, 4) is 0 Å². The fourth-order valence-corrected chi connectivity index (χ4v) is 3.10. The van der Waals surface area contributed by atoms with Gasteiger partial charge in [0, 0.05) is 12.1 Å². The molecule has 0 amide bonds. The van der Waals surface area contributed by atoms with Crippen molar-refractivity contribution in [2.24, 2.45) is 17.3 Å². The van der Waals surface area contributed by atoms with Gasteiger partial charge in [0.1, 0.15) is 0 Å². The molecule has 1 saturated carbocycles. The molecular formula is C16H33NO. The fourth-order valence-electron chi connectivity index (χ4n) is 3.10. The monoisotopic (exact) mass is 255 g/mol. The highest BCUT2D eigenvalue weighted by Gasteiger charge is 2.37. The van der Waals surface area contributed by atoms with Crippen LogP contribution in [-0.4, -0.2) is 35.2 Å². The minimum Gasteiger partial charge on any atom is -0.391 e. The molecule has 1 aliphatic rings. The van der Waals surface area contributed by atoms with Crippen molar-refractivity contribution in [2.75, 3.05) is 7.05 Å². The normalized spacial score (nSPS) is 32.0. The summed E-state index contributed by atoms with van der Waals surface area (Å²) in [5, 5.41) is 10.3. The zero-order chi connectivity index (χ0) is 14.1. The van der Waals surface area contributed by atoms with Crippen LogP contribution in [0.4, 0.5) is 0 Å². The average Bonchev–Trinajstić information content (AvgIpc) is 2.26. The third kappa shape index (κ3) is 3.71. The van der Waals surface area contributed by atoms with Crippen molar-refractivity contribution in [3.05, 3.63) is 0 Å². The lowest BCUT2D eigenvalue weighted by Gasteiger charge is -2.46. The van der Waals surface area contributed by atoms with Gasteiger partial charge in [0.2, 0.25) is 0 Å². The fraction of sp³-hybridized carbons (Fsp3) is 1.00. The first kappa shape index (κ1) is 16.0. The average molecular weight is 255 g/mol. The lowest BCUT2D eigenvalue weighted by molar-refractivity contribution is -0.0266. The molecule has 4 unspecified atom stereocenters. The molecule has 0 aromatic carbocycles. The van der Waals surface area contributed by atoms with Crippen molar-refractivity contribution < 1.29 is 5.11 Å². The topological polar surface area (TPSA) is 23.5 Å². The first-order valence-corrected chi connectivity index (χ1v) is 7.54. The van der Waals surface area contributed by atoms with E-state index in [1.54, 1.807) is 0 Å². The van der Waals surface area contributed by atoms with Crippen molar-refractivity contribution in [3.63, 3.8) is 0 Å². The van der Waals surface area contributed by atoms with Gasteiger partial charge in [-0.05, 0) is 50.5 Å². The van der Waals surface area contributed by atoms with E-state index in [4.69, 9.17) is 0 Å². The van der Waals surface area contributed by atoms with Gasteiger partial charge >= 0.3 is 0 Å². The van der Waals surface area contributed by atoms with E-state index in [1.165, 1.54) is 6.42 Å². The van der Waals surface area contributed by atoms with Gasteiger partial charge in [0.25, 0.3) is 0 Å². The third-order valence-corrected chi connectivity index (χ3v) is 5.15. The van der Waals surface area contributed by atoms with Crippen LogP contribution >= 0.6 is 0 Å². The minimum absolute atomic E-state index is 0.144. The maximum absolute atomic E-state index is 10.3. The van der Waals surface area contributed by atoms with Gasteiger partial charge in [-0.25, -0.2) is 0 Å². The molecule has 0 aromatic heterocycles. The molecule has 0 aromatic rings. The van der Waals surface area contributed by atoms with E-state index < -0.39 is 0 Å². The van der Waals surface area contributed by atoms with Crippen LogP contribution in [0.5, 0.6) is 0 Å². The molecule has 0 heterocycles. The maximum atomic E-state index is 10.3. The number of likely N-dealkylation sites (N-methyl/N-ethyl adjacent to an activating group) is 1. The Bertz CT molecular complexity index is 256. The Kier molecular flexibility index (Phi) is 5.25. The number of hydrogen-bond donors (Lipinski definition) is 1. The Labute approximate surface area is 114 Å². The van der Waals surface area contributed by atoms with Crippen molar-refractivity contribution in [2.45, 2.75) is 79.0 Å². The minimum atomic E-state index is -0.144. The smallest absolute Gasteiger partial charge is 0.0695 e. The number of aliphatic hydroxyl groups is 1. The van der Waals surface area contributed by atoms with Gasteiger partial charge in [0.05, 0.1) is 6.10 Å². The van der Waals surface area contributed by atoms with E-state index in [9.17, 15) is 5.11 Å². The lowest BCUT2D eigenvalue weighted by atomic mass is 9.76. The van der Waals surface area contributed by atoms with Crippen LogP contribution in [-0.2, 0) is 0 Å². The summed E-state index contributed by atoms with van der Waals surface area (Å²) in [6, 6.07) is 0.823. The molecule has 4 atom stereocenters. The summed E-state index contributed by atoms with van der Waals surface area (Å²) in [5.41, 5.74) is 0.263. The van der Waals surface area contributed by atoms with Gasteiger partial charge in [0.15, 0.2) is 0 Å². The van der Waals surface area contributed by atoms with Gasteiger partial charge in [-0.15, -0.1) is 0 Å². The second-order valence-corrected chi connectivity index (χ2v) is 7.66. The summed E-state index contributed by atoms with van der Waals surface area (Å²) in [6.07, 6.45) is 3.16. The summed E-state index contributed by atoms with van der Waals surface area (Å²) in [4.78, 5) is 2.42. The first-order valence-electron chi connectivity index (χ1n) is 7.54. The summed E-state index contributed by atoms with van der Waals surface area (Å²) in [6.45, 7) is 13.8. The van der Waals surface area contributed by atoms with E-state index in [2.05, 4.69) is 53.5 Å². The maximum Gasteiger partial charge on any atom is 0.0695 e. The zero-order valence-corrected chi connectivity index (χ0v) is 13.4. The van der Waals surface area contributed by atoms with Crippen LogP contribution in [0.25, 0.3) is 0 Å². The number of aliphatic hydroxyl groups excluding tert-OH is 1. The van der Waals surface area contributed by atoms with Crippen molar-refractivity contribution in [1.29, 1.82) is 0 Å². The van der Waals surface area contributed by atoms with E-state index in [1.807, 2.05) is 0 Å². The molecule has 0 radical (unpaired) electrons. The molecule has 0 saturated heterocycles. The molecule has 0 bridgehead atoms. The zero-order valence-electron chi connectivity index (χ0n) is 13.4. The number of nitrogens with zero attached hydrogens (tertiary/aromatic N) is 1. The quantitative estimate of drug-likeness (QED) is 0.834. The molecular weight excluding hydrogens is 222 g/mol. The van der Waals surface area contributed by atoms with Crippen LogP contribution in [0.15, 0.2) is 0 Å². The van der Waals surface area contributed by atoms with Gasteiger partial charge in [-0.3, -0.25) is 4.90 Å². The van der Waals surface area contributed by atoms with Crippen LogP contribution in [0.1, 0.15) is 60.8 Å². The highest BCUT2D eigenvalue weighted by Crippen LogP contribution is 2.35. The summed E-state index contributed by atoms with van der Waals surface area (Å²) in [7, 11) is 2.19. The summed E-state index contributed by atoms with van der Waals surface area (Å²) in [5.74, 6) is 1.51. The molecule has 2 heteroatoms. The largest absolute Gasteiger partial charge is 0.391 e. The third-order valence-electron chi connectivity index (χ3n) is 5.15. The Balaban J connectivity index is 2.73. The Morgan fingerprint density at radius 1 is 1.11 bits per heavy atom. The van der Waals surface area contributed by atoms with E-state index in [-0.39, 0.29) is 11.5 Å². The van der Waals surface area contributed by atoms with Crippen molar-refractivity contribution in [1.82, 2.24) is 4.90 Å². The second kappa shape index (κ2) is 5.92. The predicted molar refractivity (Wildman–Crippen MR) is 78.7 cm³/mol. The van der Waals surface area contributed by atoms with Crippen LogP contribution in [0, 0.1) is 17.3 Å². The van der Waals surface area contributed by atoms with Gasteiger partial charge < -0.3 is 5.11 Å². The highest BCUT2D eigenvalue weighted by atomic mass is 16.3. The standard InChI is InChI=1S/C16H33NO/c1-11(2)13-8-9-15(18)14(10-13)17(7)12(3)16(4,5)6/h11-15,18H,8-10H2,1-7H3. The molecule has 1 aliphatic carbocycles. The SMILES string of the molecule is CC(C)C1CCC(O)C(N(C)C(C)C(C)(C)C)C1. The van der Waals surface area contributed by atoms with Crippen LogP contribution in [0.3, 0.4) is 0 Å². The Morgan fingerprint density at radius 3 is 2.11 bits per heavy atom. The molecule has 2 nitrogen and oxygen atoms in total. The molecule has 18 heavy (non-hydrogen) atoms. The molecule has 1 N–H and O–H groups in total. The van der Waals surface area contributed by atoms with Gasteiger partial charge in [-0.2, -0.15) is 0 Å².